The van der Waals surface area contributed by atoms with Gasteiger partial charge in [-0.05, 0) is 5.92 Å². The zero-order valence-corrected chi connectivity index (χ0v) is 11.4. The predicted octanol–water partition coefficient (Wildman–Crippen LogP) is 0.261. The van der Waals surface area contributed by atoms with Crippen molar-refractivity contribution in [3.8, 4) is 0 Å². The van der Waals surface area contributed by atoms with Gasteiger partial charge in [0.1, 0.15) is 0 Å². The van der Waals surface area contributed by atoms with E-state index in [1.807, 2.05) is 18.7 Å². The van der Waals surface area contributed by atoms with E-state index in [1.54, 1.807) is 4.90 Å². The SMILES string of the molecule is CC1CN(C(=O)CC2CSCCN2)CC1C(=O)O. The molecule has 0 aromatic rings. The van der Waals surface area contributed by atoms with Gasteiger partial charge in [-0.3, -0.25) is 9.59 Å². The average molecular weight is 272 g/mol. The highest BCUT2D eigenvalue weighted by Gasteiger charge is 2.37. The Balaban J connectivity index is 1.84. The smallest absolute Gasteiger partial charge is 0.308 e. The number of likely N-dealkylation sites (tertiary alicyclic amines) is 1. The van der Waals surface area contributed by atoms with Gasteiger partial charge in [0.05, 0.1) is 5.92 Å². The van der Waals surface area contributed by atoms with Gasteiger partial charge in [-0.1, -0.05) is 6.92 Å². The van der Waals surface area contributed by atoms with Crippen LogP contribution in [-0.4, -0.2) is 59.1 Å². The molecule has 2 aliphatic heterocycles. The molecule has 2 N–H and O–H groups in total. The molecule has 0 radical (unpaired) electrons. The zero-order chi connectivity index (χ0) is 13.1. The van der Waals surface area contributed by atoms with Crippen LogP contribution in [0.25, 0.3) is 0 Å². The summed E-state index contributed by atoms with van der Waals surface area (Å²) >= 11 is 1.87. The monoisotopic (exact) mass is 272 g/mol. The van der Waals surface area contributed by atoms with E-state index in [0.29, 0.717) is 19.5 Å². The number of carboxylic acids is 1. The fraction of sp³-hybridized carbons (Fsp3) is 0.833. The minimum absolute atomic E-state index is 0.0557. The molecule has 18 heavy (non-hydrogen) atoms. The lowest BCUT2D eigenvalue weighted by molar-refractivity contribution is -0.142. The molecule has 2 saturated heterocycles. The lowest BCUT2D eigenvalue weighted by Crippen LogP contribution is -2.42. The van der Waals surface area contributed by atoms with Crippen LogP contribution in [0.3, 0.4) is 0 Å². The second-order valence-electron chi connectivity index (χ2n) is 5.15. The van der Waals surface area contributed by atoms with Gasteiger partial charge in [-0.2, -0.15) is 11.8 Å². The van der Waals surface area contributed by atoms with Gasteiger partial charge in [-0.25, -0.2) is 0 Å². The Hall–Kier alpha value is -0.750. The zero-order valence-electron chi connectivity index (χ0n) is 10.6. The van der Waals surface area contributed by atoms with Crippen molar-refractivity contribution in [2.45, 2.75) is 19.4 Å². The van der Waals surface area contributed by atoms with E-state index in [1.165, 1.54) is 0 Å². The molecule has 1 amide bonds. The second kappa shape index (κ2) is 5.93. The van der Waals surface area contributed by atoms with E-state index in [0.717, 1.165) is 18.1 Å². The summed E-state index contributed by atoms with van der Waals surface area (Å²) in [5.74, 6) is 1.03. The van der Waals surface area contributed by atoms with Gasteiger partial charge in [-0.15, -0.1) is 0 Å². The highest BCUT2D eigenvalue weighted by molar-refractivity contribution is 7.99. The largest absolute Gasteiger partial charge is 0.481 e. The van der Waals surface area contributed by atoms with Gasteiger partial charge in [0.15, 0.2) is 0 Å². The Morgan fingerprint density at radius 1 is 1.44 bits per heavy atom. The summed E-state index contributed by atoms with van der Waals surface area (Å²) in [5, 5.41) is 12.4. The summed E-state index contributed by atoms with van der Waals surface area (Å²) in [7, 11) is 0. The molecule has 5 nitrogen and oxygen atoms in total. The summed E-state index contributed by atoms with van der Waals surface area (Å²) < 4.78 is 0. The number of carboxylic acid groups (broad SMARTS) is 1. The molecule has 0 aromatic heterocycles. The van der Waals surface area contributed by atoms with Crippen LogP contribution in [0.4, 0.5) is 0 Å². The molecule has 102 valence electrons. The molecular formula is C12H20N2O3S. The number of nitrogens with zero attached hydrogens (tertiary/aromatic N) is 1. The van der Waals surface area contributed by atoms with Crippen LogP contribution >= 0.6 is 11.8 Å². The first-order valence-electron chi connectivity index (χ1n) is 6.39. The molecule has 2 heterocycles. The Morgan fingerprint density at radius 2 is 2.22 bits per heavy atom. The average Bonchev–Trinajstić information content (AvgIpc) is 2.73. The third-order valence-electron chi connectivity index (χ3n) is 3.70. The van der Waals surface area contributed by atoms with Crippen LogP contribution in [0.5, 0.6) is 0 Å². The molecule has 3 atom stereocenters. The minimum atomic E-state index is -0.788. The molecule has 0 aliphatic carbocycles. The number of nitrogens with one attached hydrogen (secondary N) is 1. The Labute approximate surface area is 111 Å². The number of hydrogen-bond acceptors (Lipinski definition) is 4. The first-order valence-corrected chi connectivity index (χ1v) is 7.55. The Morgan fingerprint density at radius 3 is 2.78 bits per heavy atom. The van der Waals surface area contributed by atoms with Gasteiger partial charge in [0.25, 0.3) is 0 Å². The third kappa shape index (κ3) is 3.17. The highest BCUT2D eigenvalue weighted by Crippen LogP contribution is 2.24. The van der Waals surface area contributed by atoms with E-state index in [4.69, 9.17) is 5.11 Å². The van der Waals surface area contributed by atoms with Crippen LogP contribution in [0.2, 0.25) is 0 Å². The fourth-order valence-corrected chi connectivity index (χ4v) is 3.53. The molecule has 2 aliphatic rings. The molecule has 0 aromatic carbocycles. The topological polar surface area (TPSA) is 69.6 Å². The van der Waals surface area contributed by atoms with E-state index in [9.17, 15) is 9.59 Å². The summed E-state index contributed by atoms with van der Waals surface area (Å²) in [4.78, 5) is 24.8. The molecule has 0 spiro atoms. The molecular weight excluding hydrogens is 252 g/mol. The van der Waals surface area contributed by atoms with Gasteiger partial charge >= 0.3 is 5.97 Å². The quantitative estimate of drug-likeness (QED) is 0.771. The molecule has 0 saturated carbocycles. The Kier molecular flexibility index (Phi) is 4.50. The van der Waals surface area contributed by atoms with Crippen molar-refractivity contribution in [3.05, 3.63) is 0 Å². The number of thioether (sulfide) groups is 1. The lowest BCUT2D eigenvalue weighted by Gasteiger charge is -2.25. The van der Waals surface area contributed by atoms with Crippen LogP contribution in [0, 0.1) is 11.8 Å². The standard InChI is InChI=1S/C12H20N2O3S/c1-8-5-14(6-10(8)12(16)17)11(15)4-9-7-18-3-2-13-9/h8-10,13H,2-7H2,1H3,(H,16,17). The number of carbonyl (C=O) groups excluding carboxylic acids is 1. The number of rotatable bonds is 3. The maximum Gasteiger partial charge on any atom is 0.308 e. The Bertz CT molecular complexity index is 331. The number of amides is 1. The third-order valence-corrected chi connectivity index (χ3v) is 4.83. The van der Waals surface area contributed by atoms with Crippen molar-refractivity contribution in [2.24, 2.45) is 11.8 Å². The van der Waals surface area contributed by atoms with Crippen molar-refractivity contribution in [1.29, 1.82) is 0 Å². The first kappa shape index (κ1) is 13.7. The van der Waals surface area contributed by atoms with Crippen molar-refractivity contribution in [3.63, 3.8) is 0 Å². The van der Waals surface area contributed by atoms with Crippen LogP contribution in [0.1, 0.15) is 13.3 Å². The molecule has 2 rings (SSSR count). The number of carbonyl (C=O) groups is 2. The first-order chi connectivity index (χ1) is 8.58. The molecule has 6 heteroatoms. The van der Waals surface area contributed by atoms with E-state index < -0.39 is 11.9 Å². The minimum Gasteiger partial charge on any atom is -0.481 e. The fourth-order valence-electron chi connectivity index (χ4n) is 2.58. The van der Waals surface area contributed by atoms with Gasteiger partial charge in [0, 0.05) is 43.6 Å². The second-order valence-corrected chi connectivity index (χ2v) is 6.30. The van der Waals surface area contributed by atoms with Crippen LogP contribution in [0.15, 0.2) is 0 Å². The number of hydrogen-bond donors (Lipinski definition) is 2. The summed E-state index contributed by atoms with van der Waals surface area (Å²) in [6.45, 7) is 3.81. The maximum atomic E-state index is 12.1. The summed E-state index contributed by atoms with van der Waals surface area (Å²) in [6.07, 6.45) is 0.492. The molecule has 0 bridgehead atoms. The van der Waals surface area contributed by atoms with E-state index in [2.05, 4.69) is 5.32 Å². The van der Waals surface area contributed by atoms with Crippen molar-refractivity contribution >= 4 is 23.6 Å². The summed E-state index contributed by atoms with van der Waals surface area (Å²) in [6, 6.07) is 0.246. The van der Waals surface area contributed by atoms with E-state index in [-0.39, 0.29) is 17.9 Å². The predicted molar refractivity (Wildman–Crippen MR) is 70.6 cm³/mol. The summed E-state index contributed by atoms with van der Waals surface area (Å²) in [5.41, 5.74) is 0. The number of aliphatic carboxylic acids is 1. The van der Waals surface area contributed by atoms with Gasteiger partial charge in [0.2, 0.25) is 5.91 Å². The highest BCUT2D eigenvalue weighted by atomic mass is 32.2. The van der Waals surface area contributed by atoms with Gasteiger partial charge < -0.3 is 15.3 Å². The molecule has 3 unspecified atom stereocenters. The normalized spacial score (nSPS) is 32.5. The van der Waals surface area contributed by atoms with Crippen molar-refractivity contribution in [2.75, 3.05) is 31.1 Å². The van der Waals surface area contributed by atoms with E-state index >= 15 is 0 Å². The molecule has 2 fully saturated rings. The van der Waals surface area contributed by atoms with Crippen LogP contribution < -0.4 is 5.32 Å². The maximum absolute atomic E-state index is 12.1. The van der Waals surface area contributed by atoms with Crippen molar-refractivity contribution < 1.29 is 14.7 Å². The van der Waals surface area contributed by atoms with Crippen molar-refractivity contribution in [1.82, 2.24) is 10.2 Å². The lowest BCUT2D eigenvalue weighted by atomic mass is 9.99. The van der Waals surface area contributed by atoms with Crippen LogP contribution in [-0.2, 0) is 9.59 Å².